The molecule has 166 valence electrons. The van der Waals surface area contributed by atoms with Crippen molar-refractivity contribution < 1.29 is 19.2 Å². The number of carbonyl (C=O) groups excluding carboxylic acids is 1. The fourth-order valence-corrected chi connectivity index (χ4v) is 3.62. The van der Waals surface area contributed by atoms with Crippen LogP contribution in [0.1, 0.15) is 0 Å². The molecule has 10 nitrogen and oxygen atoms in total. The molecule has 1 heterocycles. The summed E-state index contributed by atoms with van der Waals surface area (Å²) in [5.41, 5.74) is 1.21. The van der Waals surface area contributed by atoms with Crippen molar-refractivity contribution in [3.8, 4) is 22.9 Å². The molecule has 1 N–H and O–H groups in total. The lowest BCUT2D eigenvalue weighted by atomic mass is 10.2. The van der Waals surface area contributed by atoms with Crippen LogP contribution in [0.3, 0.4) is 0 Å². The van der Waals surface area contributed by atoms with E-state index < -0.39 is 4.92 Å². The van der Waals surface area contributed by atoms with Crippen molar-refractivity contribution in [3.05, 3.63) is 65.2 Å². The number of hydrogen-bond acceptors (Lipinski definition) is 8. The van der Waals surface area contributed by atoms with Gasteiger partial charge >= 0.3 is 0 Å². The van der Waals surface area contributed by atoms with E-state index in [1.165, 1.54) is 36.0 Å². The third-order valence-electron chi connectivity index (χ3n) is 4.36. The summed E-state index contributed by atoms with van der Waals surface area (Å²) in [5, 5.41) is 22.5. The number of amides is 1. The van der Waals surface area contributed by atoms with E-state index in [0.29, 0.717) is 34.7 Å². The molecule has 3 aromatic rings. The van der Waals surface area contributed by atoms with Crippen LogP contribution in [0.4, 0.5) is 11.4 Å². The molecule has 0 bridgehead atoms. The highest BCUT2D eigenvalue weighted by Gasteiger charge is 2.17. The second-order valence-corrected chi connectivity index (χ2v) is 7.36. The summed E-state index contributed by atoms with van der Waals surface area (Å²) in [6.45, 7) is 4.23. The van der Waals surface area contributed by atoms with Gasteiger partial charge in [0.2, 0.25) is 5.91 Å². The number of hydrogen-bond donors (Lipinski definition) is 1. The summed E-state index contributed by atoms with van der Waals surface area (Å²) in [5.74, 6) is 1.57. The first-order valence-electron chi connectivity index (χ1n) is 9.40. The Morgan fingerprint density at radius 1 is 1.19 bits per heavy atom. The highest BCUT2D eigenvalue weighted by atomic mass is 32.2. The summed E-state index contributed by atoms with van der Waals surface area (Å²) >= 11 is 1.22. The normalized spacial score (nSPS) is 10.4. The minimum atomic E-state index is -0.496. The second-order valence-electron chi connectivity index (χ2n) is 6.42. The van der Waals surface area contributed by atoms with Crippen LogP contribution in [0, 0.1) is 10.1 Å². The van der Waals surface area contributed by atoms with Crippen molar-refractivity contribution >= 4 is 29.0 Å². The molecule has 0 unspecified atom stereocenters. The number of benzene rings is 2. The molecule has 11 heteroatoms. The largest absolute Gasteiger partial charge is 0.493 e. The zero-order chi connectivity index (χ0) is 23.1. The van der Waals surface area contributed by atoms with Crippen LogP contribution >= 0.6 is 11.8 Å². The maximum absolute atomic E-state index is 12.3. The topological polar surface area (TPSA) is 121 Å². The Balaban J connectivity index is 1.73. The van der Waals surface area contributed by atoms with E-state index in [0.717, 1.165) is 5.56 Å². The molecule has 0 radical (unpaired) electrons. The average molecular weight is 455 g/mol. The Morgan fingerprint density at radius 2 is 1.91 bits per heavy atom. The molecule has 0 aliphatic heterocycles. The summed E-state index contributed by atoms with van der Waals surface area (Å²) in [4.78, 5) is 22.6. The van der Waals surface area contributed by atoms with Crippen molar-refractivity contribution in [2.45, 2.75) is 11.7 Å². The van der Waals surface area contributed by atoms with Gasteiger partial charge in [0.25, 0.3) is 5.69 Å². The minimum absolute atomic E-state index is 0.0439. The second kappa shape index (κ2) is 10.4. The molecule has 0 saturated carbocycles. The highest BCUT2D eigenvalue weighted by Crippen LogP contribution is 2.33. The van der Waals surface area contributed by atoms with Crippen LogP contribution in [-0.4, -0.2) is 45.6 Å². The van der Waals surface area contributed by atoms with Crippen molar-refractivity contribution in [2.75, 3.05) is 25.3 Å². The molecule has 0 fully saturated rings. The Hall–Kier alpha value is -3.86. The van der Waals surface area contributed by atoms with Crippen LogP contribution in [-0.2, 0) is 11.3 Å². The number of nitro groups is 1. The van der Waals surface area contributed by atoms with Gasteiger partial charge in [0.05, 0.1) is 24.9 Å². The quantitative estimate of drug-likeness (QED) is 0.212. The molecule has 0 spiro atoms. The number of nitrogens with zero attached hydrogens (tertiary/aromatic N) is 4. The third-order valence-corrected chi connectivity index (χ3v) is 5.33. The number of anilines is 1. The summed E-state index contributed by atoms with van der Waals surface area (Å²) < 4.78 is 12.5. The lowest BCUT2D eigenvalue weighted by Gasteiger charge is -2.11. The van der Waals surface area contributed by atoms with Gasteiger partial charge in [-0.1, -0.05) is 17.8 Å². The predicted molar refractivity (Wildman–Crippen MR) is 121 cm³/mol. The zero-order valence-corrected chi connectivity index (χ0v) is 18.3. The smallest absolute Gasteiger partial charge is 0.269 e. The van der Waals surface area contributed by atoms with E-state index >= 15 is 0 Å². The molecule has 2 aromatic carbocycles. The number of rotatable bonds is 10. The highest BCUT2D eigenvalue weighted by molar-refractivity contribution is 7.99. The molecular weight excluding hydrogens is 434 g/mol. The maximum atomic E-state index is 12.3. The number of methoxy groups -OCH3 is 2. The van der Waals surface area contributed by atoms with Crippen LogP contribution in [0.15, 0.2) is 60.3 Å². The van der Waals surface area contributed by atoms with Crippen LogP contribution < -0.4 is 14.8 Å². The number of nitrogens with one attached hydrogen (secondary N) is 1. The van der Waals surface area contributed by atoms with Gasteiger partial charge in [-0.25, -0.2) is 0 Å². The van der Waals surface area contributed by atoms with Crippen LogP contribution in [0.2, 0.25) is 0 Å². The molecule has 0 saturated heterocycles. The predicted octanol–water partition coefficient (Wildman–Crippen LogP) is 3.79. The van der Waals surface area contributed by atoms with E-state index in [2.05, 4.69) is 22.1 Å². The number of carbonyl (C=O) groups is 1. The van der Waals surface area contributed by atoms with Gasteiger partial charge in [-0.2, -0.15) is 0 Å². The number of thioether (sulfide) groups is 1. The lowest BCUT2D eigenvalue weighted by molar-refractivity contribution is -0.384. The minimum Gasteiger partial charge on any atom is -0.493 e. The number of nitro benzene ring substituents is 1. The monoisotopic (exact) mass is 455 g/mol. The fraction of sp³-hybridized carbons (Fsp3) is 0.190. The van der Waals surface area contributed by atoms with E-state index in [4.69, 9.17) is 9.47 Å². The van der Waals surface area contributed by atoms with Crippen molar-refractivity contribution in [2.24, 2.45) is 0 Å². The molecule has 1 aromatic heterocycles. The number of non-ortho nitro benzene ring substituents is 1. The molecule has 32 heavy (non-hydrogen) atoms. The number of allylic oxidation sites excluding steroid dienone is 1. The molecule has 0 atom stereocenters. The zero-order valence-electron chi connectivity index (χ0n) is 17.5. The molecule has 0 aliphatic rings. The van der Waals surface area contributed by atoms with Gasteiger partial charge in [0.1, 0.15) is 0 Å². The first-order valence-corrected chi connectivity index (χ1v) is 10.4. The van der Waals surface area contributed by atoms with Crippen molar-refractivity contribution in [1.82, 2.24) is 14.8 Å². The fourth-order valence-electron chi connectivity index (χ4n) is 2.87. The van der Waals surface area contributed by atoms with Crippen LogP contribution in [0.5, 0.6) is 11.5 Å². The van der Waals surface area contributed by atoms with Gasteiger partial charge in [0.15, 0.2) is 22.5 Å². The molecule has 1 amide bonds. The van der Waals surface area contributed by atoms with E-state index in [-0.39, 0.29) is 17.3 Å². The molecule has 3 rings (SSSR count). The third kappa shape index (κ3) is 5.24. The maximum Gasteiger partial charge on any atom is 0.269 e. The summed E-state index contributed by atoms with van der Waals surface area (Å²) in [7, 11) is 3.12. The molecular formula is C21H21N5O5S. The van der Waals surface area contributed by atoms with Crippen molar-refractivity contribution in [3.63, 3.8) is 0 Å². The van der Waals surface area contributed by atoms with Gasteiger partial charge in [-0.15, -0.1) is 16.8 Å². The van der Waals surface area contributed by atoms with Gasteiger partial charge in [0, 0.05) is 29.9 Å². The average Bonchev–Trinajstić information content (AvgIpc) is 3.20. The van der Waals surface area contributed by atoms with Crippen molar-refractivity contribution in [1.29, 1.82) is 0 Å². The SMILES string of the molecule is C=CCn1c(SCC(=O)Nc2ccc([N+](=O)[O-])cc2)nnc1-c1ccc(OC)c(OC)c1. The lowest BCUT2D eigenvalue weighted by Crippen LogP contribution is -2.14. The van der Waals surface area contributed by atoms with Gasteiger partial charge in [-0.3, -0.25) is 19.5 Å². The molecule has 0 aliphatic carbocycles. The summed E-state index contributed by atoms with van der Waals surface area (Å²) in [6.07, 6.45) is 1.72. The van der Waals surface area contributed by atoms with E-state index in [1.54, 1.807) is 32.4 Å². The Morgan fingerprint density at radius 3 is 2.53 bits per heavy atom. The van der Waals surface area contributed by atoms with Gasteiger partial charge < -0.3 is 14.8 Å². The first-order chi connectivity index (χ1) is 15.5. The Labute approximate surface area is 188 Å². The van der Waals surface area contributed by atoms with Gasteiger partial charge in [-0.05, 0) is 30.3 Å². The van der Waals surface area contributed by atoms with E-state index in [9.17, 15) is 14.9 Å². The Kier molecular flexibility index (Phi) is 7.45. The first kappa shape index (κ1) is 22.8. The number of aromatic nitrogens is 3. The van der Waals surface area contributed by atoms with E-state index in [1.807, 2.05) is 10.6 Å². The standard InChI is InChI=1S/C21H21N5O5S/c1-4-11-25-20(14-5-10-17(30-2)18(12-14)31-3)23-24-21(25)32-13-19(27)22-15-6-8-16(9-7-15)26(28)29/h4-10,12H,1,11,13H2,2-3H3,(H,22,27). The summed E-state index contributed by atoms with van der Waals surface area (Å²) in [6, 6.07) is 11.1. The van der Waals surface area contributed by atoms with Crippen LogP contribution in [0.25, 0.3) is 11.4 Å². The Bertz CT molecular complexity index is 1130. The number of ether oxygens (including phenoxy) is 2.